The van der Waals surface area contributed by atoms with Gasteiger partial charge in [0.15, 0.2) is 0 Å². The van der Waals surface area contributed by atoms with Crippen LogP contribution in [0.4, 0.5) is 9.18 Å². The van der Waals surface area contributed by atoms with Crippen molar-refractivity contribution in [2.75, 3.05) is 20.6 Å². The molecule has 5 heteroatoms. The van der Waals surface area contributed by atoms with E-state index in [1.165, 1.54) is 11.6 Å². The van der Waals surface area contributed by atoms with Gasteiger partial charge in [0, 0.05) is 13.1 Å². The number of hydrogen-bond donors (Lipinski definition) is 2. The van der Waals surface area contributed by atoms with Crippen molar-refractivity contribution in [3.8, 4) is 0 Å². The number of nitrogens with one attached hydrogen (secondary N) is 2. The molecule has 0 aromatic heterocycles. The highest BCUT2D eigenvalue weighted by molar-refractivity contribution is 5.73. The maximum atomic E-state index is 13.6. The minimum atomic E-state index is -0.261. The highest BCUT2D eigenvalue weighted by Gasteiger charge is 2.15. The number of carbonyl (C=O) groups excluding carboxylic acids is 1. The van der Waals surface area contributed by atoms with Gasteiger partial charge in [0.1, 0.15) is 5.82 Å². The van der Waals surface area contributed by atoms with E-state index in [4.69, 9.17) is 0 Å². The van der Waals surface area contributed by atoms with Gasteiger partial charge in [-0.3, -0.25) is 0 Å². The summed E-state index contributed by atoms with van der Waals surface area (Å²) in [5, 5.41) is 5.68. The van der Waals surface area contributed by atoms with Crippen LogP contribution in [0.15, 0.2) is 42.5 Å². The molecular formula is C21H28FN3O. The summed E-state index contributed by atoms with van der Waals surface area (Å²) in [7, 11) is 3.99. The van der Waals surface area contributed by atoms with E-state index in [1.54, 1.807) is 13.0 Å². The lowest BCUT2D eigenvalue weighted by atomic mass is 10.0. The number of carbonyl (C=O) groups is 1. The van der Waals surface area contributed by atoms with E-state index in [1.807, 2.05) is 20.2 Å². The Morgan fingerprint density at radius 2 is 1.73 bits per heavy atom. The van der Waals surface area contributed by atoms with Gasteiger partial charge >= 0.3 is 6.03 Å². The van der Waals surface area contributed by atoms with E-state index >= 15 is 0 Å². The zero-order valence-electron chi connectivity index (χ0n) is 16.0. The molecule has 26 heavy (non-hydrogen) atoms. The Hall–Kier alpha value is -2.40. The molecular weight excluding hydrogens is 329 g/mol. The van der Waals surface area contributed by atoms with Gasteiger partial charge in [-0.15, -0.1) is 0 Å². The first-order valence-corrected chi connectivity index (χ1v) is 8.92. The van der Waals surface area contributed by atoms with Gasteiger partial charge in [0.2, 0.25) is 0 Å². The molecule has 140 valence electrons. The first-order valence-electron chi connectivity index (χ1n) is 8.92. The van der Waals surface area contributed by atoms with Crippen LogP contribution >= 0.6 is 0 Å². The molecule has 2 amide bonds. The Morgan fingerprint density at radius 3 is 2.31 bits per heavy atom. The van der Waals surface area contributed by atoms with E-state index < -0.39 is 0 Å². The van der Waals surface area contributed by atoms with Gasteiger partial charge in [-0.25, -0.2) is 9.18 Å². The lowest BCUT2D eigenvalue weighted by Gasteiger charge is -2.25. The molecule has 0 bridgehead atoms. The lowest BCUT2D eigenvalue weighted by molar-refractivity contribution is 0.232. The van der Waals surface area contributed by atoms with Crippen molar-refractivity contribution in [1.29, 1.82) is 0 Å². The number of urea groups is 1. The summed E-state index contributed by atoms with van der Waals surface area (Å²) in [5.41, 5.74) is 3.79. The summed E-state index contributed by atoms with van der Waals surface area (Å²) >= 11 is 0. The van der Waals surface area contributed by atoms with Gasteiger partial charge in [-0.2, -0.15) is 0 Å². The molecule has 0 aliphatic rings. The van der Waals surface area contributed by atoms with E-state index in [-0.39, 0.29) is 17.9 Å². The van der Waals surface area contributed by atoms with Gasteiger partial charge in [0.05, 0.1) is 6.04 Å². The van der Waals surface area contributed by atoms with Crippen molar-refractivity contribution < 1.29 is 9.18 Å². The molecule has 2 aromatic carbocycles. The van der Waals surface area contributed by atoms with E-state index in [2.05, 4.69) is 46.7 Å². The molecule has 2 aromatic rings. The van der Waals surface area contributed by atoms with Crippen LogP contribution in [-0.2, 0) is 13.0 Å². The number of nitrogens with zero attached hydrogens (tertiary/aromatic N) is 1. The van der Waals surface area contributed by atoms with Crippen molar-refractivity contribution in [3.05, 3.63) is 70.5 Å². The predicted octanol–water partition coefficient (Wildman–Crippen LogP) is 3.80. The average Bonchev–Trinajstić information content (AvgIpc) is 2.63. The molecule has 0 saturated heterocycles. The number of benzene rings is 2. The maximum Gasteiger partial charge on any atom is 0.315 e. The fraction of sp³-hybridized carbons (Fsp3) is 0.381. The molecule has 2 rings (SSSR count). The fourth-order valence-electron chi connectivity index (χ4n) is 2.75. The van der Waals surface area contributed by atoms with Gasteiger partial charge in [0.25, 0.3) is 0 Å². The highest BCUT2D eigenvalue weighted by atomic mass is 19.1. The zero-order chi connectivity index (χ0) is 19.1. The second-order valence-corrected chi connectivity index (χ2v) is 6.72. The Bertz CT molecular complexity index is 729. The maximum absolute atomic E-state index is 13.6. The molecule has 0 spiro atoms. The largest absolute Gasteiger partial charge is 0.336 e. The van der Waals surface area contributed by atoms with Crippen LogP contribution in [0.25, 0.3) is 0 Å². The molecule has 1 atom stereocenters. The summed E-state index contributed by atoms with van der Waals surface area (Å²) in [6.45, 7) is 4.63. The molecule has 0 heterocycles. The third-order valence-electron chi connectivity index (χ3n) is 4.54. The number of aryl methyl sites for hydroxylation is 2. The number of amides is 2. The van der Waals surface area contributed by atoms with Crippen LogP contribution in [0.3, 0.4) is 0 Å². The Kier molecular flexibility index (Phi) is 7.16. The van der Waals surface area contributed by atoms with Crippen molar-refractivity contribution in [1.82, 2.24) is 15.5 Å². The van der Waals surface area contributed by atoms with Crippen LogP contribution in [0.1, 0.15) is 35.2 Å². The number of hydrogen-bond acceptors (Lipinski definition) is 2. The molecule has 0 aliphatic heterocycles. The zero-order valence-corrected chi connectivity index (χ0v) is 16.0. The second kappa shape index (κ2) is 9.34. The van der Waals surface area contributed by atoms with Crippen molar-refractivity contribution in [2.45, 2.75) is 32.9 Å². The Labute approximate surface area is 155 Å². The first-order chi connectivity index (χ1) is 12.4. The summed E-state index contributed by atoms with van der Waals surface area (Å²) in [6, 6.07) is 13.3. The average molecular weight is 357 g/mol. The standard InChI is InChI=1S/C21H28FN3O/c1-5-16-8-10-18(11-9-16)20(25(3)4)14-24-21(26)23-13-17-7-6-15(2)19(22)12-17/h6-12,20H,5,13-14H2,1-4H3,(H2,23,24,26). The molecule has 0 aliphatic carbocycles. The number of likely N-dealkylation sites (N-methyl/N-ethyl adjacent to an activating group) is 1. The van der Waals surface area contributed by atoms with Crippen LogP contribution in [0.5, 0.6) is 0 Å². The molecule has 0 fully saturated rings. The van der Waals surface area contributed by atoms with Gasteiger partial charge < -0.3 is 15.5 Å². The van der Waals surface area contributed by atoms with Crippen molar-refractivity contribution in [2.24, 2.45) is 0 Å². The molecule has 2 N–H and O–H groups in total. The van der Waals surface area contributed by atoms with E-state index in [9.17, 15) is 9.18 Å². The molecule has 0 saturated carbocycles. The van der Waals surface area contributed by atoms with E-state index in [0.29, 0.717) is 18.7 Å². The normalized spacial score (nSPS) is 12.1. The lowest BCUT2D eigenvalue weighted by Crippen LogP contribution is -2.40. The Morgan fingerprint density at radius 1 is 1.08 bits per heavy atom. The summed E-state index contributed by atoms with van der Waals surface area (Å²) in [4.78, 5) is 14.2. The second-order valence-electron chi connectivity index (χ2n) is 6.72. The van der Waals surface area contributed by atoms with Crippen LogP contribution in [0, 0.1) is 12.7 Å². The SMILES string of the molecule is CCc1ccc(C(CNC(=O)NCc2ccc(C)c(F)c2)N(C)C)cc1. The summed E-state index contributed by atoms with van der Waals surface area (Å²) < 4.78 is 13.6. The summed E-state index contributed by atoms with van der Waals surface area (Å²) in [6.07, 6.45) is 1.01. The topological polar surface area (TPSA) is 44.4 Å². The highest BCUT2D eigenvalue weighted by Crippen LogP contribution is 2.18. The van der Waals surface area contributed by atoms with Crippen LogP contribution in [-0.4, -0.2) is 31.6 Å². The van der Waals surface area contributed by atoms with E-state index in [0.717, 1.165) is 17.5 Å². The van der Waals surface area contributed by atoms with Gasteiger partial charge in [-0.05, 0) is 55.8 Å². The predicted molar refractivity (Wildman–Crippen MR) is 104 cm³/mol. The molecule has 1 unspecified atom stereocenters. The fourth-order valence-corrected chi connectivity index (χ4v) is 2.75. The quantitative estimate of drug-likeness (QED) is 0.792. The molecule has 4 nitrogen and oxygen atoms in total. The minimum Gasteiger partial charge on any atom is -0.336 e. The Balaban J connectivity index is 1.89. The first kappa shape index (κ1) is 19.9. The van der Waals surface area contributed by atoms with Crippen LogP contribution < -0.4 is 10.6 Å². The monoisotopic (exact) mass is 357 g/mol. The van der Waals surface area contributed by atoms with Crippen molar-refractivity contribution in [3.63, 3.8) is 0 Å². The van der Waals surface area contributed by atoms with Crippen LogP contribution in [0.2, 0.25) is 0 Å². The number of halogens is 1. The number of rotatable bonds is 7. The summed E-state index contributed by atoms with van der Waals surface area (Å²) in [5.74, 6) is -0.257. The van der Waals surface area contributed by atoms with Crippen molar-refractivity contribution >= 4 is 6.03 Å². The van der Waals surface area contributed by atoms with Gasteiger partial charge in [-0.1, -0.05) is 43.3 Å². The third-order valence-corrected chi connectivity index (χ3v) is 4.54. The molecule has 0 radical (unpaired) electrons. The smallest absolute Gasteiger partial charge is 0.315 e. The minimum absolute atomic E-state index is 0.0866. The third kappa shape index (κ3) is 5.56.